The van der Waals surface area contributed by atoms with E-state index in [4.69, 9.17) is 14.2 Å². The Bertz CT molecular complexity index is 714. The minimum Gasteiger partial charge on any atom is -0.445 e. The molecule has 0 radical (unpaired) electrons. The molecule has 1 aromatic rings. The van der Waals surface area contributed by atoms with E-state index in [0.717, 1.165) is 18.4 Å². The monoisotopic (exact) mass is 435 g/mol. The Morgan fingerprint density at radius 3 is 2.39 bits per heavy atom. The second kappa shape index (κ2) is 12.1. The van der Waals surface area contributed by atoms with Crippen molar-refractivity contribution in [3.63, 3.8) is 0 Å². The average Bonchev–Trinajstić information content (AvgIpc) is 3.25. The molecule has 0 bridgehead atoms. The molecular formula is C22H33N3O6. The normalized spacial score (nSPS) is 14.6. The fourth-order valence-corrected chi connectivity index (χ4v) is 2.98. The quantitative estimate of drug-likeness (QED) is 0.577. The minimum atomic E-state index is -0.849. The van der Waals surface area contributed by atoms with Crippen molar-refractivity contribution in [2.24, 2.45) is 0 Å². The molecule has 0 unspecified atom stereocenters. The Hall–Kier alpha value is -2.81. The smallest absolute Gasteiger partial charge is 0.408 e. The van der Waals surface area contributed by atoms with Crippen LogP contribution >= 0.6 is 0 Å². The lowest BCUT2D eigenvalue weighted by Gasteiger charge is -2.26. The van der Waals surface area contributed by atoms with Gasteiger partial charge in [0, 0.05) is 19.6 Å². The fraction of sp³-hybridized carbons (Fsp3) is 0.591. The third kappa shape index (κ3) is 9.69. The van der Waals surface area contributed by atoms with Gasteiger partial charge in [-0.1, -0.05) is 30.3 Å². The van der Waals surface area contributed by atoms with Gasteiger partial charge < -0.3 is 29.7 Å². The number of amides is 3. The zero-order valence-electron chi connectivity index (χ0n) is 18.5. The molecule has 1 saturated heterocycles. The summed E-state index contributed by atoms with van der Waals surface area (Å²) in [6.45, 7) is 7.13. The van der Waals surface area contributed by atoms with Crippen LogP contribution in [0.3, 0.4) is 0 Å². The van der Waals surface area contributed by atoms with Gasteiger partial charge in [0.05, 0.1) is 13.2 Å². The van der Waals surface area contributed by atoms with Crippen LogP contribution in [0.25, 0.3) is 0 Å². The largest absolute Gasteiger partial charge is 0.445 e. The highest BCUT2D eigenvalue weighted by atomic mass is 16.6. The van der Waals surface area contributed by atoms with Gasteiger partial charge in [-0.3, -0.25) is 4.79 Å². The topological polar surface area (TPSA) is 106 Å². The zero-order chi connectivity index (χ0) is 22.7. The maximum absolute atomic E-state index is 12.7. The van der Waals surface area contributed by atoms with Gasteiger partial charge in [0.15, 0.2) is 0 Å². The number of nitrogens with zero attached hydrogens (tertiary/aromatic N) is 1. The van der Waals surface area contributed by atoms with Gasteiger partial charge >= 0.3 is 12.2 Å². The van der Waals surface area contributed by atoms with Crippen molar-refractivity contribution in [3.05, 3.63) is 35.9 Å². The second-order valence-electron chi connectivity index (χ2n) is 8.29. The maximum atomic E-state index is 12.7. The summed E-state index contributed by atoms with van der Waals surface area (Å²) in [6.07, 6.45) is 0.668. The van der Waals surface area contributed by atoms with Gasteiger partial charge in [-0.2, -0.15) is 0 Å². The van der Waals surface area contributed by atoms with Crippen molar-refractivity contribution in [2.45, 2.75) is 51.9 Å². The fourth-order valence-electron chi connectivity index (χ4n) is 2.98. The van der Waals surface area contributed by atoms with Crippen LogP contribution in [0.2, 0.25) is 0 Å². The van der Waals surface area contributed by atoms with Gasteiger partial charge in [-0.25, -0.2) is 9.59 Å². The highest BCUT2D eigenvalue weighted by molar-refractivity contribution is 5.86. The minimum absolute atomic E-state index is 0.0185. The molecule has 1 aliphatic rings. The SMILES string of the molecule is CC(C)(C)OC(=O)N[C@@H](COCCNC(=O)OCc1ccccc1)C(=O)N1CCCC1. The van der Waals surface area contributed by atoms with Crippen molar-refractivity contribution in [2.75, 3.05) is 32.8 Å². The van der Waals surface area contributed by atoms with E-state index >= 15 is 0 Å². The molecule has 2 N–H and O–H groups in total. The average molecular weight is 436 g/mol. The summed E-state index contributed by atoms with van der Waals surface area (Å²) in [5, 5.41) is 5.19. The van der Waals surface area contributed by atoms with Crippen molar-refractivity contribution in [1.29, 1.82) is 0 Å². The standard InChI is InChI=1S/C22H33N3O6/c1-22(2,3)31-21(28)24-18(19(26)25-12-7-8-13-25)16-29-14-11-23-20(27)30-15-17-9-5-4-6-10-17/h4-6,9-10,18H,7-8,11-16H2,1-3H3,(H,23,27)(H,24,28)/t18-/m0/s1. The van der Waals surface area contributed by atoms with E-state index in [0.29, 0.717) is 13.1 Å². The number of likely N-dealkylation sites (tertiary alicyclic amines) is 1. The molecule has 0 spiro atoms. The number of alkyl carbamates (subject to hydrolysis) is 2. The number of hydrogen-bond donors (Lipinski definition) is 2. The van der Waals surface area contributed by atoms with E-state index in [1.165, 1.54) is 0 Å². The summed E-state index contributed by atoms with van der Waals surface area (Å²) in [4.78, 5) is 38.3. The summed E-state index contributed by atoms with van der Waals surface area (Å²) in [5.74, 6) is -0.196. The number of benzene rings is 1. The summed E-state index contributed by atoms with van der Waals surface area (Å²) in [5.41, 5.74) is 0.223. The molecule has 2 rings (SSSR count). The lowest BCUT2D eigenvalue weighted by atomic mass is 10.2. The van der Waals surface area contributed by atoms with Crippen molar-refractivity contribution in [1.82, 2.24) is 15.5 Å². The summed E-state index contributed by atoms with van der Waals surface area (Å²) >= 11 is 0. The number of rotatable bonds is 9. The molecule has 0 aromatic heterocycles. The molecule has 31 heavy (non-hydrogen) atoms. The first-order valence-corrected chi connectivity index (χ1v) is 10.6. The molecule has 1 aromatic carbocycles. The van der Waals surface area contributed by atoms with Crippen LogP contribution in [0.15, 0.2) is 30.3 Å². The van der Waals surface area contributed by atoms with Gasteiger partial charge in [-0.15, -0.1) is 0 Å². The van der Waals surface area contributed by atoms with Crippen LogP contribution in [0, 0.1) is 0 Å². The third-order valence-corrected chi connectivity index (χ3v) is 4.42. The zero-order valence-corrected chi connectivity index (χ0v) is 18.5. The highest BCUT2D eigenvalue weighted by Crippen LogP contribution is 2.11. The first kappa shape index (κ1) is 24.5. The van der Waals surface area contributed by atoms with Gasteiger partial charge in [0.25, 0.3) is 0 Å². The van der Waals surface area contributed by atoms with E-state index in [9.17, 15) is 14.4 Å². The van der Waals surface area contributed by atoms with E-state index in [2.05, 4.69) is 10.6 Å². The van der Waals surface area contributed by atoms with Gasteiger partial charge in [0.1, 0.15) is 18.2 Å². The number of ether oxygens (including phenoxy) is 3. The Morgan fingerprint density at radius 2 is 1.74 bits per heavy atom. The second-order valence-corrected chi connectivity index (χ2v) is 8.29. The van der Waals surface area contributed by atoms with E-state index in [1.54, 1.807) is 25.7 Å². The van der Waals surface area contributed by atoms with E-state index < -0.39 is 23.8 Å². The third-order valence-electron chi connectivity index (χ3n) is 4.42. The van der Waals surface area contributed by atoms with Crippen LogP contribution in [-0.2, 0) is 25.6 Å². The van der Waals surface area contributed by atoms with Gasteiger partial charge in [-0.05, 0) is 39.2 Å². The molecule has 9 nitrogen and oxygen atoms in total. The Labute approximate surface area is 183 Å². The van der Waals surface area contributed by atoms with Crippen LogP contribution in [0.4, 0.5) is 9.59 Å². The van der Waals surface area contributed by atoms with Crippen molar-refractivity contribution >= 4 is 18.1 Å². The predicted molar refractivity (Wildman–Crippen MR) is 114 cm³/mol. The molecule has 9 heteroatoms. The van der Waals surface area contributed by atoms with Crippen LogP contribution in [0.5, 0.6) is 0 Å². The molecule has 0 saturated carbocycles. The van der Waals surface area contributed by atoms with E-state index in [1.807, 2.05) is 30.3 Å². The molecule has 1 heterocycles. The Balaban J connectivity index is 1.72. The molecule has 1 atom stereocenters. The lowest BCUT2D eigenvalue weighted by molar-refractivity contribution is -0.134. The number of nitrogens with one attached hydrogen (secondary N) is 2. The lowest BCUT2D eigenvalue weighted by Crippen LogP contribution is -2.51. The van der Waals surface area contributed by atoms with E-state index in [-0.39, 0.29) is 32.3 Å². The molecule has 0 aliphatic carbocycles. The summed E-state index contributed by atoms with van der Waals surface area (Å²) < 4.78 is 15.9. The summed E-state index contributed by atoms with van der Waals surface area (Å²) in [6, 6.07) is 8.51. The summed E-state index contributed by atoms with van der Waals surface area (Å²) in [7, 11) is 0. The Kier molecular flexibility index (Phi) is 9.58. The van der Waals surface area contributed by atoms with Crippen molar-refractivity contribution in [3.8, 4) is 0 Å². The molecule has 1 fully saturated rings. The number of hydrogen-bond acceptors (Lipinski definition) is 6. The predicted octanol–water partition coefficient (Wildman–Crippen LogP) is 2.45. The molecular weight excluding hydrogens is 402 g/mol. The Morgan fingerprint density at radius 1 is 1.06 bits per heavy atom. The van der Waals surface area contributed by atoms with Gasteiger partial charge in [0.2, 0.25) is 5.91 Å². The number of carbonyl (C=O) groups is 3. The van der Waals surface area contributed by atoms with Crippen LogP contribution < -0.4 is 10.6 Å². The molecule has 1 aliphatic heterocycles. The van der Waals surface area contributed by atoms with Crippen molar-refractivity contribution < 1.29 is 28.6 Å². The van der Waals surface area contributed by atoms with Crippen LogP contribution in [0.1, 0.15) is 39.2 Å². The highest BCUT2D eigenvalue weighted by Gasteiger charge is 2.29. The molecule has 172 valence electrons. The maximum Gasteiger partial charge on any atom is 0.408 e. The molecule has 3 amide bonds. The first-order chi connectivity index (χ1) is 14.7. The number of carbonyl (C=O) groups excluding carboxylic acids is 3. The first-order valence-electron chi connectivity index (χ1n) is 10.6. The van der Waals surface area contributed by atoms with Crippen LogP contribution in [-0.4, -0.2) is 67.5 Å².